The van der Waals surface area contributed by atoms with Crippen LogP contribution < -0.4 is 10.2 Å². The number of halogens is 1. The SMILES string of the molecule is CC1(C)CN(C(=O)OC(C)(C)C)c2cccc(F)c2N1. The number of anilines is 2. The summed E-state index contributed by atoms with van der Waals surface area (Å²) < 4.78 is 19.4. The monoisotopic (exact) mass is 280 g/mol. The predicted octanol–water partition coefficient (Wildman–Crippen LogP) is 3.77. The lowest BCUT2D eigenvalue weighted by Gasteiger charge is -2.41. The smallest absolute Gasteiger partial charge is 0.414 e. The average Bonchev–Trinajstić information content (AvgIpc) is 2.26. The Kier molecular flexibility index (Phi) is 3.40. The molecule has 1 aromatic rings. The third-order valence-electron chi connectivity index (χ3n) is 2.91. The summed E-state index contributed by atoms with van der Waals surface area (Å²) >= 11 is 0. The minimum absolute atomic E-state index is 0.342. The van der Waals surface area contributed by atoms with Crippen molar-refractivity contribution in [3.8, 4) is 0 Å². The number of hydrogen-bond acceptors (Lipinski definition) is 3. The van der Waals surface area contributed by atoms with Gasteiger partial charge < -0.3 is 10.1 Å². The number of benzene rings is 1. The molecule has 5 heteroatoms. The molecule has 20 heavy (non-hydrogen) atoms. The third kappa shape index (κ3) is 3.03. The Hall–Kier alpha value is -1.78. The van der Waals surface area contributed by atoms with E-state index in [1.807, 2.05) is 34.6 Å². The zero-order valence-corrected chi connectivity index (χ0v) is 12.6. The number of nitrogens with one attached hydrogen (secondary N) is 1. The van der Waals surface area contributed by atoms with Gasteiger partial charge in [-0.15, -0.1) is 0 Å². The molecule has 1 N–H and O–H groups in total. The topological polar surface area (TPSA) is 41.6 Å². The maximum absolute atomic E-state index is 13.9. The van der Waals surface area contributed by atoms with E-state index in [1.54, 1.807) is 12.1 Å². The van der Waals surface area contributed by atoms with Crippen molar-refractivity contribution in [2.24, 2.45) is 0 Å². The van der Waals surface area contributed by atoms with Gasteiger partial charge in [0.05, 0.1) is 23.5 Å². The van der Waals surface area contributed by atoms with Gasteiger partial charge in [0.25, 0.3) is 0 Å². The molecule has 1 amide bonds. The van der Waals surface area contributed by atoms with E-state index in [2.05, 4.69) is 5.32 Å². The molecular weight excluding hydrogens is 259 g/mol. The van der Waals surface area contributed by atoms with Gasteiger partial charge in [-0.25, -0.2) is 9.18 Å². The average molecular weight is 280 g/mol. The lowest BCUT2D eigenvalue weighted by atomic mass is 9.99. The van der Waals surface area contributed by atoms with Crippen molar-refractivity contribution >= 4 is 17.5 Å². The largest absolute Gasteiger partial charge is 0.443 e. The van der Waals surface area contributed by atoms with Crippen LogP contribution in [0.3, 0.4) is 0 Å². The number of nitrogens with zero attached hydrogens (tertiary/aromatic N) is 1. The molecule has 4 nitrogen and oxygen atoms in total. The summed E-state index contributed by atoms with van der Waals surface area (Å²) in [5.41, 5.74) is -0.153. The van der Waals surface area contributed by atoms with Gasteiger partial charge in [-0.3, -0.25) is 4.90 Å². The van der Waals surface area contributed by atoms with Crippen LogP contribution in [-0.4, -0.2) is 23.8 Å². The molecule has 0 radical (unpaired) electrons. The fourth-order valence-electron chi connectivity index (χ4n) is 2.20. The Balaban J connectivity index is 2.40. The molecule has 1 aromatic carbocycles. The molecule has 0 saturated heterocycles. The van der Waals surface area contributed by atoms with E-state index in [4.69, 9.17) is 4.74 Å². The number of carbonyl (C=O) groups is 1. The summed E-state index contributed by atoms with van der Waals surface area (Å²) in [4.78, 5) is 13.8. The van der Waals surface area contributed by atoms with Gasteiger partial charge in [-0.05, 0) is 46.8 Å². The fraction of sp³-hybridized carbons (Fsp3) is 0.533. The molecule has 1 aliphatic heterocycles. The Morgan fingerprint density at radius 1 is 1.40 bits per heavy atom. The van der Waals surface area contributed by atoms with Gasteiger partial charge in [0.2, 0.25) is 0 Å². The van der Waals surface area contributed by atoms with Gasteiger partial charge in [0.15, 0.2) is 0 Å². The molecular formula is C15H21FN2O2. The molecule has 0 aromatic heterocycles. The molecule has 1 heterocycles. The summed E-state index contributed by atoms with van der Waals surface area (Å²) in [5.74, 6) is -0.371. The second-order valence-electron chi connectivity index (χ2n) is 6.71. The molecule has 0 spiro atoms. The fourth-order valence-corrected chi connectivity index (χ4v) is 2.20. The number of rotatable bonds is 0. The first kappa shape index (κ1) is 14.6. The molecule has 0 fully saturated rings. The van der Waals surface area contributed by atoms with E-state index in [0.717, 1.165) is 0 Å². The van der Waals surface area contributed by atoms with Crippen LogP contribution in [0.25, 0.3) is 0 Å². The van der Waals surface area contributed by atoms with Crippen molar-refractivity contribution in [3.05, 3.63) is 24.0 Å². The second-order valence-corrected chi connectivity index (χ2v) is 6.71. The maximum Gasteiger partial charge on any atom is 0.414 e. The number of amides is 1. The molecule has 0 saturated carbocycles. The summed E-state index contributed by atoms with van der Waals surface area (Å²) in [7, 11) is 0. The molecule has 0 bridgehead atoms. The van der Waals surface area contributed by atoms with Gasteiger partial charge in [0, 0.05) is 0 Å². The Morgan fingerprint density at radius 3 is 2.65 bits per heavy atom. The Morgan fingerprint density at radius 2 is 2.05 bits per heavy atom. The van der Waals surface area contributed by atoms with Crippen LogP contribution in [0, 0.1) is 5.82 Å². The van der Waals surface area contributed by atoms with E-state index in [9.17, 15) is 9.18 Å². The summed E-state index contributed by atoms with van der Waals surface area (Å²) in [6.07, 6.45) is -0.459. The summed E-state index contributed by atoms with van der Waals surface area (Å²) in [6.45, 7) is 9.68. The van der Waals surface area contributed by atoms with Crippen LogP contribution in [0.5, 0.6) is 0 Å². The zero-order chi connectivity index (χ0) is 15.1. The van der Waals surface area contributed by atoms with Crippen LogP contribution in [0.2, 0.25) is 0 Å². The minimum atomic E-state index is -0.584. The molecule has 0 aliphatic carbocycles. The predicted molar refractivity (Wildman–Crippen MR) is 77.7 cm³/mol. The van der Waals surface area contributed by atoms with Crippen LogP contribution in [-0.2, 0) is 4.74 Å². The normalized spacial score (nSPS) is 17.2. The lowest BCUT2D eigenvalue weighted by molar-refractivity contribution is 0.0573. The van der Waals surface area contributed by atoms with E-state index in [1.165, 1.54) is 11.0 Å². The van der Waals surface area contributed by atoms with Crippen molar-refractivity contribution < 1.29 is 13.9 Å². The van der Waals surface area contributed by atoms with Crippen molar-refractivity contribution in [2.75, 3.05) is 16.8 Å². The number of fused-ring (bicyclic) bond motifs is 1. The van der Waals surface area contributed by atoms with Crippen molar-refractivity contribution in [1.82, 2.24) is 0 Å². The quantitative estimate of drug-likeness (QED) is 0.786. The van der Waals surface area contributed by atoms with Crippen LogP contribution in [0.1, 0.15) is 34.6 Å². The van der Waals surface area contributed by atoms with Gasteiger partial charge in [-0.2, -0.15) is 0 Å². The first-order valence-corrected chi connectivity index (χ1v) is 6.66. The maximum atomic E-state index is 13.9. The van der Waals surface area contributed by atoms with Crippen molar-refractivity contribution in [1.29, 1.82) is 0 Å². The number of hydrogen-bond donors (Lipinski definition) is 1. The molecule has 0 atom stereocenters. The highest BCUT2D eigenvalue weighted by atomic mass is 19.1. The van der Waals surface area contributed by atoms with Crippen LogP contribution in [0.15, 0.2) is 18.2 Å². The molecule has 0 unspecified atom stereocenters. The van der Waals surface area contributed by atoms with E-state index >= 15 is 0 Å². The molecule has 2 rings (SSSR count). The van der Waals surface area contributed by atoms with Gasteiger partial charge in [0.1, 0.15) is 11.4 Å². The van der Waals surface area contributed by atoms with E-state index in [-0.39, 0.29) is 5.82 Å². The first-order valence-electron chi connectivity index (χ1n) is 6.66. The molecule has 110 valence electrons. The minimum Gasteiger partial charge on any atom is -0.443 e. The molecule has 1 aliphatic rings. The van der Waals surface area contributed by atoms with E-state index < -0.39 is 17.2 Å². The Bertz CT molecular complexity index is 535. The van der Waals surface area contributed by atoms with E-state index in [0.29, 0.717) is 17.9 Å². The highest BCUT2D eigenvalue weighted by Gasteiger charge is 2.36. The Labute approximate surface area is 118 Å². The summed E-state index contributed by atoms with van der Waals surface area (Å²) in [6, 6.07) is 4.68. The summed E-state index contributed by atoms with van der Waals surface area (Å²) in [5, 5.41) is 3.13. The number of para-hydroxylation sites is 1. The van der Waals surface area contributed by atoms with Crippen molar-refractivity contribution in [3.63, 3.8) is 0 Å². The highest BCUT2D eigenvalue weighted by Crippen LogP contribution is 2.37. The van der Waals surface area contributed by atoms with Crippen LogP contribution in [0.4, 0.5) is 20.6 Å². The standard InChI is InChI=1S/C15H21FN2O2/c1-14(2,3)20-13(19)18-9-15(4,5)17-12-10(16)7-6-8-11(12)18/h6-8,17H,9H2,1-5H3. The highest BCUT2D eigenvalue weighted by molar-refractivity contribution is 5.94. The third-order valence-corrected chi connectivity index (χ3v) is 2.91. The van der Waals surface area contributed by atoms with Gasteiger partial charge in [-0.1, -0.05) is 6.07 Å². The number of ether oxygens (including phenoxy) is 1. The zero-order valence-electron chi connectivity index (χ0n) is 12.6. The van der Waals surface area contributed by atoms with Gasteiger partial charge >= 0.3 is 6.09 Å². The first-order chi connectivity index (χ1) is 9.09. The van der Waals surface area contributed by atoms with Crippen molar-refractivity contribution in [2.45, 2.75) is 45.8 Å². The lowest BCUT2D eigenvalue weighted by Crippen LogP contribution is -2.52. The second kappa shape index (κ2) is 4.65. The van der Waals surface area contributed by atoms with Crippen LogP contribution >= 0.6 is 0 Å². The number of carbonyl (C=O) groups excluding carboxylic acids is 1.